The van der Waals surface area contributed by atoms with E-state index in [2.05, 4.69) is 52.8 Å². The lowest BCUT2D eigenvalue weighted by Gasteiger charge is -2.47. The molecule has 2 aromatic rings. The maximum atomic E-state index is 14.9. The van der Waals surface area contributed by atoms with Crippen molar-refractivity contribution >= 4 is 11.7 Å². The highest BCUT2D eigenvalue weighted by atomic mass is 19.1. The topological polar surface area (TPSA) is 203 Å². The molecule has 5 heterocycles. The van der Waals surface area contributed by atoms with E-state index in [1.165, 1.54) is 7.11 Å². The Morgan fingerprint density at radius 2 is 1.65 bits per heavy atom. The number of nitrogens with zero attached hydrogens (tertiary/aromatic N) is 6. The van der Waals surface area contributed by atoms with Gasteiger partial charge in [0.2, 0.25) is 0 Å². The number of cyclic esters (lactones) is 1. The molecular weight excluding hydrogens is 968 g/mol. The Bertz CT molecular complexity index is 2090. The van der Waals surface area contributed by atoms with Crippen LogP contribution in [0, 0.1) is 23.7 Å². The summed E-state index contributed by atoms with van der Waals surface area (Å²) in [6.45, 7) is 22.7. The van der Waals surface area contributed by atoms with Gasteiger partial charge in [0.25, 0.3) is 0 Å². The molecule has 4 aliphatic heterocycles. The number of alkyl halides is 1. The number of aliphatic hydroxyl groups excluding tert-OH is 2. The third kappa shape index (κ3) is 14.7. The number of β-amino-alcohol motifs (C(OH)–C–C–N with tert-alkyl or cyclic N) is 1. The Hall–Kier alpha value is -2.92. The van der Waals surface area contributed by atoms with E-state index in [1.54, 1.807) is 59.5 Å². The van der Waals surface area contributed by atoms with Gasteiger partial charge in [-0.25, -0.2) is 9.07 Å². The fraction of sp³-hybridized carbons (Fsp3) is 0.839. The Labute approximate surface area is 446 Å². The Morgan fingerprint density at radius 3 is 2.28 bits per heavy atom. The van der Waals surface area contributed by atoms with E-state index in [-0.39, 0.29) is 55.3 Å². The molecule has 6 rings (SSSR count). The first kappa shape index (κ1) is 61.3. The van der Waals surface area contributed by atoms with Crippen molar-refractivity contribution in [1.29, 1.82) is 0 Å². The predicted octanol–water partition coefficient (Wildman–Crippen LogP) is 5.53. The molecule has 0 amide bonds. The lowest BCUT2D eigenvalue weighted by molar-refractivity contribution is -0.301. The minimum absolute atomic E-state index is 0.0180. The average molecular weight is 1060 g/mol. The minimum atomic E-state index is -1.43. The van der Waals surface area contributed by atoms with E-state index < -0.39 is 90.2 Å². The number of aromatic nitrogens is 3. The van der Waals surface area contributed by atoms with Gasteiger partial charge < -0.3 is 68.3 Å². The number of methoxy groups -OCH3 is 2. The summed E-state index contributed by atoms with van der Waals surface area (Å²) in [5, 5.41) is 54.7. The second kappa shape index (κ2) is 25.9. The quantitative estimate of drug-likeness (QED) is 0.153. The zero-order chi connectivity index (χ0) is 55.3. The summed E-state index contributed by atoms with van der Waals surface area (Å²) in [5.74, 6) is -2.44. The number of likely N-dealkylation sites (N-methyl/N-ethyl adjacent to an activating group) is 1. The van der Waals surface area contributed by atoms with Gasteiger partial charge in [-0.05, 0) is 119 Å². The summed E-state index contributed by atoms with van der Waals surface area (Å²) in [4.78, 5) is 21.0. The number of aliphatic hydroxyl groups is 4. The molecule has 0 spiro atoms. The zero-order valence-corrected chi connectivity index (χ0v) is 47.8. The molecule has 4 fully saturated rings. The molecule has 0 saturated carbocycles. The number of benzene rings is 1. The van der Waals surface area contributed by atoms with Gasteiger partial charge in [0.05, 0.1) is 66.0 Å². The first-order valence-electron chi connectivity index (χ1n) is 27.6. The number of halogens is 1. The van der Waals surface area contributed by atoms with Crippen LogP contribution in [0.1, 0.15) is 132 Å². The molecule has 75 heavy (non-hydrogen) atoms. The van der Waals surface area contributed by atoms with E-state index in [1.807, 2.05) is 45.2 Å². The van der Waals surface area contributed by atoms with Crippen LogP contribution in [0.25, 0.3) is 0 Å². The van der Waals surface area contributed by atoms with Crippen molar-refractivity contribution in [2.75, 3.05) is 72.7 Å². The molecule has 428 valence electrons. The van der Waals surface area contributed by atoms with Gasteiger partial charge in [0, 0.05) is 89.0 Å². The maximum absolute atomic E-state index is 14.9. The number of anilines is 1. The van der Waals surface area contributed by atoms with Gasteiger partial charge >= 0.3 is 5.97 Å². The highest BCUT2D eigenvalue weighted by Crippen LogP contribution is 2.40. The number of rotatable bonds is 16. The van der Waals surface area contributed by atoms with Crippen molar-refractivity contribution < 1.29 is 62.8 Å². The molecule has 0 radical (unpaired) electrons. The van der Waals surface area contributed by atoms with Crippen LogP contribution in [0.3, 0.4) is 0 Å². The molecule has 0 aliphatic carbocycles. The van der Waals surface area contributed by atoms with E-state index in [4.69, 9.17) is 33.2 Å². The zero-order valence-electron chi connectivity index (χ0n) is 47.8. The van der Waals surface area contributed by atoms with Crippen LogP contribution in [0.5, 0.6) is 0 Å². The maximum Gasteiger partial charge on any atom is 0.311 e. The number of carbonyl (C=O) groups is 1. The van der Waals surface area contributed by atoms with Crippen molar-refractivity contribution in [2.24, 2.45) is 23.7 Å². The third-order valence-electron chi connectivity index (χ3n) is 17.9. The first-order valence-corrected chi connectivity index (χ1v) is 27.6. The molecule has 19 heteroatoms. The van der Waals surface area contributed by atoms with Crippen LogP contribution in [-0.4, -0.2) is 203 Å². The predicted molar refractivity (Wildman–Crippen MR) is 283 cm³/mol. The van der Waals surface area contributed by atoms with E-state index in [0.717, 1.165) is 36.3 Å². The van der Waals surface area contributed by atoms with E-state index >= 15 is 0 Å². The Morgan fingerprint density at radius 1 is 0.960 bits per heavy atom. The van der Waals surface area contributed by atoms with Crippen LogP contribution >= 0.6 is 0 Å². The number of hydrogen-bond acceptors (Lipinski definition) is 17. The average Bonchev–Trinajstić information content (AvgIpc) is 4.03. The van der Waals surface area contributed by atoms with Crippen LogP contribution in [-0.2, 0) is 44.4 Å². The van der Waals surface area contributed by atoms with Gasteiger partial charge in [-0.1, -0.05) is 38.1 Å². The monoisotopic (exact) mass is 1060 g/mol. The summed E-state index contributed by atoms with van der Waals surface area (Å²) in [6.07, 6.45) is -1.45. The third-order valence-corrected chi connectivity index (χ3v) is 17.9. The van der Waals surface area contributed by atoms with E-state index in [9.17, 15) is 29.6 Å². The molecule has 0 bridgehead atoms. The fourth-order valence-electron chi connectivity index (χ4n) is 12.5. The normalized spacial score (nSPS) is 40.0. The fourth-order valence-corrected chi connectivity index (χ4v) is 12.5. The van der Waals surface area contributed by atoms with Crippen molar-refractivity contribution in [1.82, 2.24) is 24.8 Å². The molecule has 20 atom stereocenters. The number of hydrogen-bond donors (Lipinski definition) is 4. The summed E-state index contributed by atoms with van der Waals surface area (Å²) >= 11 is 0. The molecule has 4 N–H and O–H groups in total. The van der Waals surface area contributed by atoms with E-state index in [0.29, 0.717) is 38.9 Å². The van der Waals surface area contributed by atoms with Crippen LogP contribution in [0.15, 0.2) is 30.5 Å². The van der Waals surface area contributed by atoms with Crippen molar-refractivity contribution in [3.8, 4) is 0 Å². The molecule has 18 nitrogen and oxygen atoms in total. The van der Waals surface area contributed by atoms with Crippen LogP contribution < -0.4 is 4.90 Å². The molecule has 1 unspecified atom stereocenters. The number of carbonyl (C=O) groups excluding carboxylic acids is 1. The summed E-state index contributed by atoms with van der Waals surface area (Å²) in [5.41, 5.74) is -1.26. The smallest absolute Gasteiger partial charge is 0.311 e. The SMILES string of the molecule is CO[C@H](c1ccc(N2CC[C@H](O)C2)cc1)[C@@H](CF)n1cc(CCN(C)[C@@H]2C[C@H](CO[C@@H]3[C@@H](C)C(O[C@H]4C[C@@](C)(OC)[C@@H](O)[C@H](C)O4)[C@@H](C)C(=O)O[C@H](C)[C@@](C)(O)[C@H](C)[C@@H](C)N(C)C[C@H](C)C[C@@]3(C)O)O[C@H](C)C2)nn1. The minimum Gasteiger partial charge on any atom is -0.459 e. The summed E-state index contributed by atoms with van der Waals surface area (Å²) in [6, 6.07) is 7.15. The Balaban J connectivity index is 1.18. The van der Waals surface area contributed by atoms with Gasteiger partial charge in [-0.15, -0.1) is 5.10 Å². The molecule has 4 saturated heterocycles. The second-order valence-electron chi connectivity index (χ2n) is 23.9. The van der Waals surface area contributed by atoms with Gasteiger partial charge in [0.15, 0.2) is 6.29 Å². The van der Waals surface area contributed by atoms with Crippen molar-refractivity contribution in [3.63, 3.8) is 0 Å². The van der Waals surface area contributed by atoms with Gasteiger partial charge in [-0.2, -0.15) is 0 Å². The van der Waals surface area contributed by atoms with Gasteiger partial charge in [-0.3, -0.25) is 4.79 Å². The van der Waals surface area contributed by atoms with Crippen LogP contribution in [0.2, 0.25) is 0 Å². The number of esters is 1. The molecule has 1 aromatic carbocycles. The lowest BCUT2D eigenvalue weighted by atomic mass is 9.77. The summed E-state index contributed by atoms with van der Waals surface area (Å²) in [7, 11) is 7.21. The summed E-state index contributed by atoms with van der Waals surface area (Å²) < 4.78 is 60.9. The number of ether oxygens (including phenoxy) is 7. The highest BCUT2D eigenvalue weighted by molar-refractivity contribution is 5.73. The van der Waals surface area contributed by atoms with Crippen LogP contribution in [0.4, 0.5) is 10.1 Å². The molecular formula is C56H95FN6O12. The van der Waals surface area contributed by atoms with Crippen molar-refractivity contribution in [3.05, 3.63) is 41.7 Å². The lowest BCUT2D eigenvalue weighted by Crippen LogP contribution is -2.58. The first-order chi connectivity index (χ1) is 35.2. The molecule has 4 aliphatic rings. The largest absolute Gasteiger partial charge is 0.459 e. The standard InChI is InChI=1S/C56H95FN6O12/c1-33-26-54(9,67)52(35(3)49(75-48-27-55(10,70-15)51(65)39(7)73-48)36(4)53(66)74-40(8)56(11,68)37(5)38(6)61(13)29-33)71-32-46-25-44(24-34(2)72-46)60(12)22-20-42-30-63(59-58-42)47(28-57)50(69-14)41-16-18-43(19-17-41)62-23-21-45(64)31-62/h16-19,30,33-40,44-52,64-65,67-68H,20-29,31-32H2,1-15H3/t33-,34-,35+,36-,37-,38-,39+,40-,44+,45+,46-,47-,48+,49?,50-,51+,52-,54-,55-,56+/m1/s1. The molecule has 1 aromatic heterocycles. The second-order valence-corrected chi connectivity index (χ2v) is 23.9. The van der Waals surface area contributed by atoms with Crippen molar-refractivity contribution in [2.45, 2.75) is 211 Å². The van der Waals surface area contributed by atoms with Gasteiger partial charge in [0.1, 0.15) is 36.6 Å². The Kier molecular flexibility index (Phi) is 21.2. The highest BCUT2D eigenvalue weighted by Gasteiger charge is 2.51.